The van der Waals surface area contributed by atoms with Crippen molar-refractivity contribution in [3.8, 4) is 11.3 Å². The third kappa shape index (κ3) is 2.80. The number of hydrogen-bond acceptors (Lipinski definition) is 5. The number of carbonyl (C=O) groups is 2. The summed E-state index contributed by atoms with van der Waals surface area (Å²) in [6.07, 6.45) is 3.46. The third-order valence-electron chi connectivity index (χ3n) is 4.40. The predicted molar refractivity (Wildman–Crippen MR) is 106 cm³/mol. The lowest BCUT2D eigenvalue weighted by Gasteiger charge is -2.05. The topological polar surface area (TPSA) is 72.2 Å². The van der Waals surface area contributed by atoms with Crippen LogP contribution in [-0.2, 0) is 4.79 Å². The molecule has 2 aromatic carbocycles. The van der Waals surface area contributed by atoms with Crippen molar-refractivity contribution in [2.24, 2.45) is 0 Å². The van der Waals surface area contributed by atoms with Crippen molar-refractivity contribution in [3.05, 3.63) is 71.3 Å². The molecular formula is C21H12N2O3S. The first kappa shape index (κ1) is 15.8. The minimum Gasteiger partial charge on any atom is -0.456 e. The summed E-state index contributed by atoms with van der Waals surface area (Å²) >= 11 is 0.905. The molecule has 2 amide bonds. The summed E-state index contributed by atoms with van der Waals surface area (Å²) in [4.78, 5) is 28.0. The summed E-state index contributed by atoms with van der Waals surface area (Å²) in [5, 5.41) is 3.87. The van der Waals surface area contributed by atoms with Gasteiger partial charge in [0.25, 0.3) is 11.1 Å². The van der Waals surface area contributed by atoms with Crippen LogP contribution < -0.4 is 5.32 Å². The first-order valence-electron chi connectivity index (χ1n) is 8.30. The van der Waals surface area contributed by atoms with E-state index >= 15 is 0 Å². The van der Waals surface area contributed by atoms with Gasteiger partial charge in [0.2, 0.25) is 0 Å². The van der Waals surface area contributed by atoms with E-state index in [0.717, 1.165) is 50.5 Å². The average Bonchev–Trinajstić information content (AvgIpc) is 3.23. The molecule has 0 spiro atoms. The number of nitrogens with one attached hydrogen (secondary N) is 1. The molecule has 0 saturated carbocycles. The Morgan fingerprint density at radius 3 is 2.74 bits per heavy atom. The van der Waals surface area contributed by atoms with Crippen LogP contribution in [0.25, 0.3) is 39.3 Å². The van der Waals surface area contributed by atoms with Crippen LogP contribution in [0.1, 0.15) is 5.56 Å². The van der Waals surface area contributed by atoms with Gasteiger partial charge in [0.05, 0.1) is 10.4 Å². The van der Waals surface area contributed by atoms with E-state index in [2.05, 4.69) is 10.3 Å². The monoisotopic (exact) mass is 372 g/mol. The Hall–Kier alpha value is -3.38. The molecule has 6 heteroatoms. The molecule has 0 bridgehead atoms. The zero-order chi connectivity index (χ0) is 18.4. The number of nitrogens with zero attached hydrogens (tertiary/aromatic N) is 1. The Kier molecular flexibility index (Phi) is 3.58. The van der Waals surface area contributed by atoms with Gasteiger partial charge in [0, 0.05) is 22.5 Å². The largest absolute Gasteiger partial charge is 0.456 e. The van der Waals surface area contributed by atoms with Gasteiger partial charge in [0.15, 0.2) is 0 Å². The molecule has 5 nitrogen and oxygen atoms in total. The lowest BCUT2D eigenvalue weighted by molar-refractivity contribution is -0.115. The molecule has 2 aromatic heterocycles. The van der Waals surface area contributed by atoms with E-state index in [1.54, 1.807) is 12.3 Å². The molecule has 1 saturated heterocycles. The standard InChI is InChI=1S/C21H12N2O3S/c24-20-19(27-21(25)23-20)10-12-5-6-16-15(9-12)14(7-8-22-16)18-11-13-3-1-2-4-17(13)26-18/h1-11H,(H,23,24,25)/b19-10+. The minimum absolute atomic E-state index is 0.350. The van der Waals surface area contributed by atoms with Crippen LogP contribution in [0.3, 0.4) is 0 Å². The van der Waals surface area contributed by atoms with Crippen molar-refractivity contribution in [3.63, 3.8) is 0 Å². The first-order chi connectivity index (χ1) is 13.2. The second-order valence-corrected chi connectivity index (χ2v) is 7.15. The molecule has 1 aliphatic heterocycles. The zero-order valence-corrected chi connectivity index (χ0v) is 14.7. The van der Waals surface area contributed by atoms with Crippen molar-refractivity contribution in [2.45, 2.75) is 0 Å². The number of hydrogen-bond donors (Lipinski definition) is 1. The normalized spacial score (nSPS) is 15.8. The fourth-order valence-corrected chi connectivity index (χ4v) is 3.84. The van der Waals surface area contributed by atoms with Gasteiger partial charge >= 0.3 is 0 Å². The van der Waals surface area contributed by atoms with Gasteiger partial charge in [-0.15, -0.1) is 0 Å². The van der Waals surface area contributed by atoms with E-state index in [4.69, 9.17) is 4.42 Å². The number of para-hydroxylation sites is 1. The van der Waals surface area contributed by atoms with Crippen molar-refractivity contribution in [1.29, 1.82) is 0 Å². The SMILES string of the molecule is O=C1NC(=O)/C(=C\c2ccc3nccc(-c4cc5ccccc5o4)c3c2)S1. The van der Waals surface area contributed by atoms with Crippen LogP contribution in [-0.4, -0.2) is 16.1 Å². The highest BCUT2D eigenvalue weighted by atomic mass is 32.2. The van der Waals surface area contributed by atoms with Crippen molar-refractivity contribution in [2.75, 3.05) is 0 Å². The quantitative estimate of drug-likeness (QED) is 0.503. The second-order valence-electron chi connectivity index (χ2n) is 6.14. The van der Waals surface area contributed by atoms with Crippen LogP contribution in [0.4, 0.5) is 4.79 Å². The van der Waals surface area contributed by atoms with Gasteiger partial charge in [0.1, 0.15) is 11.3 Å². The van der Waals surface area contributed by atoms with Gasteiger partial charge in [-0.25, -0.2) is 0 Å². The summed E-state index contributed by atoms with van der Waals surface area (Å²) < 4.78 is 6.01. The molecule has 130 valence electrons. The Labute approximate surface area is 158 Å². The number of imide groups is 1. The molecule has 0 aliphatic carbocycles. The van der Waals surface area contributed by atoms with E-state index in [9.17, 15) is 9.59 Å². The van der Waals surface area contributed by atoms with Crippen LogP contribution in [0, 0.1) is 0 Å². The Morgan fingerprint density at radius 2 is 1.93 bits per heavy atom. The van der Waals surface area contributed by atoms with Gasteiger partial charge in [-0.2, -0.15) is 0 Å². The predicted octanol–water partition coefficient (Wildman–Crippen LogP) is 4.97. The smallest absolute Gasteiger partial charge is 0.290 e. The maximum absolute atomic E-state index is 11.8. The van der Waals surface area contributed by atoms with Crippen LogP contribution in [0.5, 0.6) is 0 Å². The van der Waals surface area contributed by atoms with Crippen molar-refractivity contribution >= 4 is 50.9 Å². The van der Waals surface area contributed by atoms with E-state index in [1.165, 1.54) is 0 Å². The molecule has 0 unspecified atom stereocenters. The summed E-state index contributed by atoms with van der Waals surface area (Å²) in [5.41, 5.74) is 3.40. The molecule has 4 aromatic rings. The third-order valence-corrected chi connectivity index (χ3v) is 5.21. The van der Waals surface area contributed by atoms with E-state index in [-0.39, 0.29) is 11.1 Å². The number of thioether (sulfide) groups is 1. The molecule has 0 atom stereocenters. The Bertz CT molecular complexity index is 1240. The van der Waals surface area contributed by atoms with E-state index < -0.39 is 0 Å². The highest BCUT2D eigenvalue weighted by Crippen LogP contribution is 2.33. The van der Waals surface area contributed by atoms with Gasteiger partial charge in [-0.3, -0.25) is 19.9 Å². The minimum atomic E-state index is -0.367. The lowest BCUT2D eigenvalue weighted by atomic mass is 10.0. The lowest BCUT2D eigenvalue weighted by Crippen LogP contribution is -2.17. The fourth-order valence-electron chi connectivity index (χ4n) is 3.16. The molecule has 5 rings (SSSR count). The van der Waals surface area contributed by atoms with E-state index in [1.807, 2.05) is 54.6 Å². The number of carbonyl (C=O) groups excluding carboxylic acids is 2. The summed E-state index contributed by atoms with van der Waals surface area (Å²) in [6.45, 7) is 0. The van der Waals surface area contributed by atoms with Crippen molar-refractivity contribution < 1.29 is 14.0 Å². The van der Waals surface area contributed by atoms with E-state index in [0.29, 0.717) is 4.91 Å². The second kappa shape index (κ2) is 6.10. The Morgan fingerprint density at radius 1 is 1.04 bits per heavy atom. The molecule has 1 aliphatic rings. The number of amides is 2. The Balaban J connectivity index is 1.66. The number of furan rings is 1. The maximum atomic E-state index is 11.8. The number of aromatic nitrogens is 1. The number of fused-ring (bicyclic) bond motifs is 2. The molecule has 1 N–H and O–H groups in total. The first-order valence-corrected chi connectivity index (χ1v) is 9.12. The highest BCUT2D eigenvalue weighted by molar-refractivity contribution is 8.18. The number of benzene rings is 2. The van der Waals surface area contributed by atoms with Gasteiger partial charge in [-0.1, -0.05) is 24.3 Å². The van der Waals surface area contributed by atoms with Gasteiger partial charge < -0.3 is 4.42 Å². The molecule has 0 radical (unpaired) electrons. The molecule has 1 fully saturated rings. The van der Waals surface area contributed by atoms with Crippen LogP contribution >= 0.6 is 11.8 Å². The van der Waals surface area contributed by atoms with Crippen LogP contribution in [0.15, 0.2) is 70.1 Å². The summed E-state index contributed by atoms with van der Waals surface area (Å²) in [7, 11) is 0. The number of pyridine rings is 1. The maximum Gasteiger partial charge on any atom is 0.290 e. The van der Waals surface area contributed by atoms with Crippen LogP contribution in [0.2, 0.25) is 0 Å². The summed E-state index contributed by atoms with van der Waals surface area (Å²) in [6, 6.07) is 17.5. The van der Waals surface area contributed by atoms with Gasteiger partial charge in [-0.05, 0) is 53.7 Å². The highest BCUT2D eigenvalue weighted by Gasteiger charge is 2.25. The average molecular weight is 372 g/mol. The number of rotatable bonds is 2. The summed E-state index contributed by atoms with van der Waals surface area (Å²) in [5.74, 6) is 0.394. The zero-order valence-electron chi connectivity index (χ0n) is 13.9. The fraction of sp³-hybridized carbons (Fsp3) is 0. The molecule has 27 heavy (non-hydrogen) atoms. The molecule has 3 heterocycles. The van der Waals surface area contributed by atoms with Crippen molar-refractivity contribution in [1.82, 2.24) is 10.3 Å². The molecular weight excluding hydrogens is 360 g/mol.